The van der Waals surface area contributed by atoms with Crippen molar-refractivity contribution in [3.05, 3.63) is 11.1 Å². The van der Waals surface area contributed by atoms with Crippen molar-refractivity contribution in [2.24, 2.45) is 5.41 Å². The molecule has 0 atom stereocenters. The summed E-state index contributed by atoms with van der Waals surface area (Å²) in [6, 6.07) is 0. The number of nitrogens with one attached hydrogen (secondary N) is 1. The molecule has 0 aromatic carbocycles. The molecule has 1 aromatic heterocycles. The van der Waals surface area contributed by atoms with Crippen molar-refractivity contribution in [3.63, 3.8) is 0 Å². The smallest absolute Gasteiger partial charge is 0.264 e. The van der Waals surface area contributed by atoms with Gasteiger partial charge in [0, 0.05) is 11.9 Å². The van der Waals surface area contributed by atoms with E-state index in [4.69, 9.17) is 0 Å². The molecule has 0 bridgehead atoms. The molecule has 0 unspecified atom stereocenters. The minimum absolute atomic E-state index is 0.0501. The Bertz CT molecular complexity index is 337. The Hall–Kier alpha value is -0.490. The van der Waals surface area contributed by atoms with Gasteiger partial charge in [-0.1, -0.05) is 20.4 Å². The molecule has 1 amide bonds. The van der Waals surface area contributed by atoms with E-state index in [1.54, 1.807) is 0 Å². The summed E-state index contributed by atoms with van der Waals surface area (Å²) in [6.45, 7) is 0.773. The predicted molar refractivity (Wildman–Crippen MR) is 62.3 cm³/mol. The monoisotopic (exact) mass is 289 g/mol. The van der Waals surface area contributed by atoms with Gasteiger partial charge < -0.3 is 5.32 Å². The van der Waals surface area contributed by atoms with Gasteiger partial charge in [-0.05, 0) is 36.2 Å². The van der Waals surface area contributed by atoms with Crippen LogP contribution in [0.5, 0.6) is 0 Å². The summed E-state index contributed by atoms with van der Waals surface area (Å²) in [5, 5.41) is 7.59. The van der Waals surface area contributed by atoms with E-state index in [-0.39, 0.29) is 5.91 Å². The molecule has 15 heavy (non-hydrogen) atoms. The van der Waals surface area contributed by atoms with Crippen molar-refractivity contribution in [2.45, 2.75) is 19.3 Å². The maximum absolute atomic E-state index is 11.6. The Labute approximate surface area is 101 Å². The number of rotatable bonds is 5. The van der Waals surface area contributed by atoms with Crippen molar-refractivity contribution in [1.82, 2.24) is 14.9 Å². The third kappa shape index (κ3) is 2.75. The summed E-state index contributed by atoms with van der Waals surface area (Å²) in [5.74, 6) is -0.0501. The molecule has 1 fully saturated rings. The third-order valence-corrected chi connectivity index (χ3v) is 3.85. The zero-order chi connectivity index (χ0) is 10.7. The molecule has 4 nitrogen and oxygen atoms in total. The van der Waals surface area contributed by atoms with Gasteiger partial charge in [-0.15, -0.1) is 5.10 Å². The Morgan fingerprint density at radius 1 is 1.67 bits per heavy atom. The van der Waals surface area contributed by atoms with E-state index in [0.717, 1.165) is 29.8 Å². The highest BCUT2D eigenvalue weighted by Gasteiger charge is 2.41. The number of carbonyl (C=O) groups is 1. The first-order chi connectivity index (χ1) is 7.26. The molecule has 1 aromatic rings. The maximum atomic E-state index is 11.6. The lowest BCUT2D eigenvalue weighted by atomic mass is 10.0. The van der Waals surface area contributed by atoms with Crippen LogP contribution in [-0.2, 0) is 0 Å². The second kappa shape index (κ2) is 4.57. The van der Waals surface area contributed by atoms with E-state index in [0.29, 0.717) is 10.3 Å². The highest BCUT2D eigenvalue weighted by molar-refractivity contribution is 9.09. The first-order valence-corrected chi connectivity index (χ1v) is 6.77. The molecule has 0 radical (unpaired) electrons. The molecule has 1 aliphatic carbocycles. The fraction of sp³-hybridized carbons (Fsp3) is 0.667. The van der Waals surface area contributed by atoms with Gasteiger partial charge in [0.2, 0.25) is 0 Å². The first kappa shape index (κ1) is 11.0. The Morgan fingerprint density at radius 3 is 3.00 bits per heavy atom. The number of nitrogens with zero attached hydrogens (tertiary/aromatic N) is 2. The van der Waals surface area contributed by atoms with Crippen molar-refractivity contribution in [2.75, 3.05) is 11.9 Å². The number of amides is 1. The van der Waals surface area contributed by atoms with Gasteiger partial charge in [-0.2, -0.15) is 0 Å². The lowest BCUT2D eigenvalue weighted by molar-refractivity contribution is 0.0948. The van der Waals surface area contributed by atoms with Gasteiger partial charge in [0.1, 0.15) is 4.88 Å². The van der Waals surface area contributed by atoms with Crippen LogP contribution in [0.3, 0.4) is 0 Å². The maximum Gasteiger partial charge on any atom is 0.264 e. The topological polar surface area (TPSA) is 54.9 Å². The van der Waals surface area contributed by atoms with Crippen molar-refractivity contribution >= 4 is 33.4 Å². The number of halogens is 1. The third-order valence-electron chi connectivity index (χ3n) is 2.79. The summed E-state index contributed by atoms with van der Waals surface area (Å²) < 4.78 is 3.66. The molecule has 1 aliphatic rings. The van der Waals surface area contributed by atoms with Crippen molar-refractivity contribution in [1.29, 1.82) is 0 Å². The Morgan fingerprint density at radius 2 is 2.47 bits per heavy atom. The predicted octanol–water partition coefficient (Wildman–Crippen LogP) is 1.83. The van der Waals surface area contributed by atoms with Gasteiger partial charge >= 0.3 is 0 Å². The summed E-state index contributed by atoms with van der Waals surface area (Å²) in [7, 11) is 0. The molecule has 1 heterocycles. The second-order valence-electron chi connectivity index (χ2n) is 3.90. The molecule has 2 rings (SSSR count). The lowest BCUT2D eigenvalue weighted by Gasteiger charge is -2.13. The van der Waals surface area contributed by atoms with Crippen LogP contribution < -0.4 is 5.32 Å². The molecule has 1 saturated carbocycles. The van der Waals surface area contributed by atoms with E-state index in [1.165, 1.54) is 19.0 Å². The molecule has 6 heteroatoms. The molecule has 1 N–H and O–H groups in total. The van der Waals surface area contributed by atoms with E-state index >= 15 is 0 Å². The van der Waals surface area contributed by atoms with Crippen molar-refractivity contribution in [3.8, 4) is 0 Å². The molecule has 0 aliphatic heterocycles. The van der Waals surface area contributed by atoms with Gasteiger partial charge in [-0.25, -0.2) is 0 Å². The molecular formula is C9H12BrN3OS. The van der Waals surface area contributed by atoms with Gasteiger partial charge in [0.05, 0.1) is 6.20 Å². The van der Waals surface area contributed by atoms with Crippen LogP contribution >= 0.6 is 27.5 Å². The normalized spacial score (nSPS) is 17.4. The van der Waals surface area contributed by atoms with Gasteiger partial charge in [0.15, 0.2) is 0 Å². The SMILES string of the molecule is O=C(NCC1(CCBr)CC1)c1cnns1. The minimum atomic E-state index is -0.0501. The van der Waals surface area contributed by atoms with Crippen LogP contribution in [-0.4, -0.2) is 27.4 Å². The van der Waals surface area contributed by atoms with Crippen molar-refractivity contribution < 1.29 is 4.79 Å². The Kier molecular flexibility index (Phi) is 3.35. The van der Waals surface area contributed by atoms with Crippen LogP contribution in [0.15, 0.2) is 6.20 Å². The highest BCUT2D eigenvalue weighted by Crippen LogP contribution is 2.48. The number of carbonyl (C=O) groups excluding carboxylic acids is 1. The minimum Gasteiger partial charge on any atom is -0.351 e. The van der Waals surface area contributed by atoms with Gasteiger partial charge in [-0.3, -0.25) is 4.79 Å². The Balaban J connectivity index is 1.81. The zero-order valence-electron chi connectivity index (χ0n) is 8.20. The van der Waals surface area contributed by atoms with Crippen LogP contribution in [0.4, 0.5) is 0 Å². The van der Waals surface area contributed by atoms with Gasteiger partial charge in [0.25, 0.3) is 5.91 Å². The number of aromatic nitrogens is 2. The average Bonchev–Trinajstić information content (AvgIpc) is 2.81. The zero-order valence-corrected chi connectivity index (χ0v) is 10.6. The summed E-state index contributed by atoms with van der Waals surface area (Å²) in [5.41, 5.74) is 0.358. The number of hydrogen-bond donors (Lipinski definition) is 1. The van der Waals surface area contributed by atoms with E-state index < -0.39 is 0 Å². The average molecular weight is 290 g/mol. The summed E-state index contributed by atoms with van der Waals surface area (Å²) in [4.78, 5) is 12.2. The van der Waals surface area contributed by atoms with E-state index in [9.17, 15) is 4.79 Å². The number of alkyl halides is 1. The largest absolute Gasteiger partial charge is 0.351 e. The quantitative estimate of drug-likeness (QED) is 0.842. The standard InChI is InChI=1S/C9H12BrN3OS/c10-4-3-9(1-2-9)6-11-8(14)7-5-12-13-15-7/h5H,1-4,6H2,(H,11,14). The molecular weight excluding hydrogens is 278 g/mol. The first-order valence-electron chi connectivity index (χ1n) is 4.87. The fourth-order valence-corrected chi connectivity index (χ4v) is 2.79. The van der Waals surface area contributed by atoms with Crippen LogP contribution in [0, 0.1) is 5.41 Å². The highest BCUT2D eigenvalue weighted by atomic mass is 79.9. The molecule has 0 spiro atoms. The van der Waals surface area contributed by atoms with E-state index in [2.05, 4.69) is 30.8 Å². The lowest BCUT2D eigenvalue weighted by Crippen LogP contribution is -2.29. The fourth-order valence-electron chi connectivity index (χ4n) is 1.51. The van der Waals surface area contributed by atoms with Crippen LogP contribution in [0.2, 0.25) is 0 Å². The summed E-state index contributed by atoms with van der Waals surface area (Å²) >= 11 is 4.57. The summed E-state index contributed by atoms with van der Waals surface area (Å²) in [6.07, 6.45) is 5.08. The molecule has 82 valence electrons. The second-order valence-corrected chi connectivity index (χ2v) is 5.48. The van der Waals surface area contributed by atoms with E-state index in [1.807, 2.05) is 0 Å². The number of hydrogen-bond acceptors (Lipinski definition) is 4. The van der Waals surface area contributed by atoms with Crippen LogP contribution in [0.1, 0.15) is 28.9 Å². The van der Waals surface area contributed by atoms with Crippen LogP contribution in [0.25, 0.3) is 0 Å². The molecule has 0 saturated heterocycles.